The van der Waals surface area contributed by atoms with E-state index in [9.17, 15) is 0 Å². The third kappa shape index (κ3) is 6.05. The molecule has 124 valence electrons. The fraction of sp³-hybridized carbons (Fsp3) is 0.400. The molecule has 1 atom stereocenters. The Morgan fingerprint density at radius 1 is 0.783 bits per heavy atom. The molecule has 2 rings (SSSR count). The zero-order valence-corrected chi connectivity index (χ0v) is 14.1. The van der Waals surface area contributed by atoms with Gasteiger partial charge in [-0.15, -0.1) is 0 Å². The van der Waals surface area contributed by atoms with Crippen LogP contribution in [0.2, 0.25) is 0 Å². The van der Waals surface area contributed by atoms with Gasteiger partial charge in [0.2, 0.25) is 0 Å². The van der Waals surface area contributed by atoms with Crippen LogP contribution in [0.5, 0.6) is 0 Å². The molecular formula is C20H27NO2. The highest BCUT2D eigenvalue weighted by Crippen LogP contribution is 2.25. The number of para-hydroxylation sites is 1. The average molecular weight is 313 g/mol. The minimum absolute atomic E-state index is 0.131. The Kier molecular flexibility index (Phi) is 7.64. The summed E-state index contributed by atoms with van der Waals surface area (Å²) in [7, 11) is 0. The smallest absolute Gasteiger partial charge is 0.157 e. The minimum Gasteiger partial charge on any atom is -0.378 e. The van der Waals surface area contributed by atoms with Gasteiger partial charge in [-0.25, -0.2) is 0 Å². The van der Waals surface area contributed by atoms with E-state index in [4.69, 9.17) is 9.47 Å². The maximum Gasteiger partial charge on any atom is 0.157 e. The van der Waals surface area contributed by atoms with E-state index in [-0.39, 0.29) is 12.3 Å². The topological polar surface area (TPSA) is 30.5 Å². The van der Waals surface area contributed by atoms with Crippen molar-refractivity contribution >= 4 is 5.69 Å². The molecule has 0 aromatic heterocycles. The summed E-state index contributed by atoms with van der Waals surface area (Å²) in [4.78, 5) is 0. The first-order valence-corrected chi connectivity index (χ1v) is 8.43. The van der Waals surface area contributed by atoms with Crippen molar-refractivity contribution in [3.63, 3.8) is 0 Å². The van der Waals surface area contributed by atoms with E-state index < -0.39 is 0 Å². The van der Waals surface area contributed by atoms with Gasteiger partial charge in [-0.05, 0) is 38.0 Å². The molecule has 0 saturated heterocycles. The Hall–Kier alpha value is -1.84. The molecule has 0 bridgehead atoms. The van der Waals surface area contributed by atoms with Crippen LogP contribution in [0.4, 0.5) is 5.69 Å². The lowest BCUT2D eigenvalue weighted by Gasteiger charge is -2.23. The molecule has 3 nitrogen and oxygen atoms in total. The van der Waals surface area contributed by atoms with E-state index in [1.165, 1.54) is 5.56 Å². The van der Waals surface area contributed by atoms with Crippen LogP contribution < -0.4 is 5.32 Å². The van der Waals surface area contributed by atoms with Crippen molar-refractivity contribution in [1.29, 1.82) is 0 Å². The van der Waals surface area contributed by atoms with Crippen molar-refractivity contribution < 1.29 is 9.47 Å². The fourth-order valence-corrected chi connectivity index (χ4v) is 2.63. The van der Waals surface area contributed by atoms with Crippen molar-refractivity contribution in [2.24, 2.45) is 0 Å². The second-order valence-corrected chi connectivity index (χ2v) is 5.39. The molecule has 1 N–H and O–H groups in total. The molecule has 23 heavy (non-hydrogen) atoms. The van der Waals surface area contributed by atoms with Crippen LogP contribution >= 0.6 is 0 Å². The molecule has 0 saturated carbocycles. The monoisotopic (exact) mass is 313 g/mol. The van der Waals surface area contributed by atoms with Gasteiger partial charge in [0.05, 0.1) is 6.04 Å². The molecule has 2 aromatic carbocycles. The first-order chi connectivity index (χ1) is 11.3. The zero-order chi connectivity index (χ0) is 16.3. The number of hydrogen-bond donors (Lipinski definition) is 1. The summed E-state index contributed by atoms with van der Waals surface area (Å²) in [5.41, 5.74) is 2.41. The minimum atomic E-state index is -0.131. The zero-order valence-electron chi connectivity index (χ0n) is 14.1. The third-order valence-corrected chi connectivity index (χ3v) is 3.71. The third-order valence-electron chi connectivity index (χ3n) is 3.71. The van der Waals surface area contributed by atoms with E-state index in [1.54, 1.807) is 0 Å². The van der Waals surface area contributed by atoms with Crippen molar-refractivity contribution in [3.05, 3.63) is 66.2 Å². The van der Waals surface area contributed by atoms with Gasteiger partial charge in [0.25, 0.3) is 0 Å². The first kappa shape index (κ1) is 17.5. The summed E-state index contributed by atoms with van der Waals surface area (Å²) in [5, 5.41) is 3.62. The Bertz CT molecular complexity index is 524. The van der Waals surface area contributed by atoms with E-state index in [0.717, 1.165) is 18.5 Å². The molecule has 2 aromatic rings. The number of nitrogens with one attached hydrogen (secondary N) is 1. The SMILES string of the molecule is CCOC(CCC(Nc1ccccc1)c1ccccc1)OCC. The quantitative estimate of drug-likeness (QED) is 0.625. The summed E-state index contributed by atoms with van der Waals surface area (Å²) in [6.07, 6.45) is 1.68. The highest BCUT2D eigenvalue weighted by Gasteiger charge is 2.15. The summed E-state index contributed by atoms with van der Waals surface area (Å²) < 4.78 is 11.3. The Labute approximate surface area is 139 Å². The molecule has 0 fully saturated rings. The van der Waals surface area contributed by atoms with Gasteiger partial charge in [-0.1, -0.05) is 48.5 Å². The van der Waals surface area contributed by atoms with Gasteiger partial charge >= 0.3 is 0 Å². The van der Waals surface area contributed by atoms with E-state index in [2.05, 4.69) is 41.7 Å². The van der Waals surface area contributed by atoms with Gasteiger partial charge in [0, 0.05) is 25.3 Å². The molecule has 0 radical (unpaired) electrons. The normalized spacial score (nSPS) is 12.3. The van der Waals surface area contributed by atoms with Crippen molar-refractivity contribution in [1.82, 2.24) is 0 Å². The van der Waals surface area contributed by atoms with Gasteiger partial charge < -0.3 is 14.8 Å². The first-order valence-electron chi connectivity index (χ1n) is 8.43. The predicted octanol–water partition coefficient (Wildman–Crippen LogP) is 5.02. The second kappa shape index (κ2) is 10.0. The molecule has 0 aliphatic carbocycles. The van der Waals surface area contributed by atoms with Gasteiger partial charge in [0.1, 0.15) is 0 Å². The standard InChI is InChI=1S/C20H27NO2/c1-3-22-20(23-4-2)16-15-19(17-11-7-5-8-12-17)21-18-13-9-6-10-14-18/h5-14,19-21H,3-4,15-16H2,1-2H3. The van der Waals surface area contributed by atoms with Gasteiger partial charge in [0.15, 0.2) is 6.29 Å². The van der Waals surface area contributed by atoms with Crippen LogP contribution in [0.3, 0.4) is 0 Å². The van der Waals surface area contributed by atoms with Gasteiger partial charge in [-0.2, -0.15) is 0 Å². The highest BCUT2D eigenvalue weighted by atomic mass is 16.7. The molecule has 0 aliphatic heterocycles. The van der Waals surface area contributed by atoms with E-state index >= 15 is 0 Å². The summed E-state index contributed by atoms with van der Waals surface area (Å²) in [5.74, 6) is 0. The van der Waals surface area contributed by atoms with Crippen LogP contribution in [0.1, 0.15) is 38.3 Å². The lowest BCUT2D eigenvalue weighted by atomic mass is 10.0. The molecule has 1 unspecified atom stereocenters. The van der Waals surface area contributed by atoms with E-state index in [1.807, 2.05) is 38.1 Å². The summed E-state index contributed by atoms with van der Waals surface area (Å²) in [6, 6.07) is 21.1. The number of anilines is 1. The number of rotatable bonds is 10. The highest BCUT2D eigenvalue weighted by molar-refractivity contribution is 5.45. The molecule has 0 spiro atoms. The molecule has 0 aliphatic rings. The van der Waals surface area contributed by atoms with Gasteiger partial charge in [-0.3, -0.25) is 0 Å². The Morgan fingerprint density at radius 2 is 1.35 bits per heavy atom. The fourth-order valence-electron chi connectivity index (χ4n) is 2.63. The van der Waals surface area contributed by atoms with Crippen LogP contribution in [0, 0.1) is 0 Å². The van der Waals surface area contributed by atoms with Crippen LogP contribution in [0.15, 0.2) is 60.7 Å². The second-order valence-electron chi connectivity index (χ2n) is 5.39. The van der Waals surface area contributed by atoms with Crippen LogP contribution in [-0.2, 0) is 9.47 Å². The lowest BCUT2D eigenvalue weighted by Crippen LogP contribution is -2.20. The Morgan fingerprint density at radius 3 is 1.91 bits per heavy atom. The lowest BCUT2D eigenvalue weighted by molar-refractivity contribution is -0.140. The number of hydrogen-bond acceptors (Lipinski definition) is 3. The molecular weight excluding hydrogens is 286 g/mol. The predicted molar refractivity (Wildman–Crippen MR) is 95.5 cm³/mol. The average Bonchev–Trinajstić information content (AvgIpc) is 2.60. The largest absolute Gasteiger partial charge is 0.378 e. The summed E-state index contributed by atoms with van der Waals surface area (Å²) >= 11 is 0. The molecule has 0 heterocycles. The molecule has 0 amide bonds. The van der Waals surface area contributed by atoms with Crippen molar-refractivity contribution in [3.8, 4) is 0 Å². The van der Waals surface area contributed by atoms with Crippen molar-refractivity contribution in [2.75, 3.05) is 18.5 Å². The maximum absolute atomic E-state index is 5.67. The van der Waals surface area contributed by atoms with Crippen LogP contribution in [-0.4, -0.2) is 19.5 Å². The maximum atomic E-state index is 5.67. The van der Waals surface area contributed by atoms with E-state index in [0.29, 0.717) is 13.2 Å². The number of ether oxygens (including phenoxy) is 2. The Balaban J connectivity index is 2.04. The van der Waals surface area contributed by atoms with Crippen LogP contribution in [0.25, 0.3) is 0 Å². The molecule has 3 heteroatoms. The number of benzene rings is 2. The summed E-state index contributed by atoms with van der Waals surface area (Å²) in [6.45, 7) is 5.35. The van der Waals surface area contributed by atoms with Crippen molar-refractivity contribution in [2.45, 2.75) is 39.0 Å².